The number of imide groups is 1. The van der Waals surface area contributed by atoms with Crippen molar-refractivity contribution < 1.29 is 9.59 Å². The second-order valence-electron chi connectivity index (χ2n) is 5.61. The van der Waals surface area contributed by atoms with E-state index in [0.29, 0.717) is 6.54 Å². The summed E-state index contributed by atoms with van der Waals surface area (Å²) in [6, 6.07) is -0.265. The first-order valence-electron chi connectivity index (χ1n) is 6.45. The molecule has 18 heavy (non-hydrogen) atoms. The van der Waals surface area contributed by atoms with Crippen molar-refractivity contribution in [2.45, 2.75) is 19.4 Å². The van der Waals surface area contributed by atoms with Gasteiger partial charge in [-0.15, -0.1) is 0 Å². The van der Waals surface area contributed by atoms with Crippen LogP contribution in [0.15, 0.2) is 0 Å². The molecule has 2 heterocycles. The Labute approximate surface area is 108 Å². The largest absolute Gasteiger partial charge is 0.325 e. The first kappa shape index (κ1) is 13.3. The Balaban J connectivity index is 1.86. The molecule has 0 spiro atoms. The minimum Gasteiger partial charge on any atom is -0.309 e. The Morgan fingerprint density at radius 2 is 1.72 bits per heavy atom. The number of nitrogens with zero attached hydrogens (tertiary/aromatic N) is 3. The summed E-state index contributed by atoms with van der Waals surface area (Å²) in [5.74, 6) is -0.203. The maximum Gasteiger partial charge on any atom is 0.325 e. The van der Waals surface area contributed by atoms with Crippen LogP contribution < -0.4 is 5.32 Å². The number of carbonyl (C=O) groups excluding carboxylic acids is 2. The van der Waals surface area contributed by atoms with Crippen LogP contribution in [0.3, 0.4) is 0 Å². The maximum atomic E-state index is 11.7. The molecule has 0 bridgehead atoms. The second-order valence-corrected chi connectivity index (χ2v) is 5.61. The zero-order valence-corrected chi connectivity index (χ0v) is 11.4. The molecule has 3 amide bonds. The van der Waals surface area contributed by atoms with Gasteiger partial charge in [-0.2, -0.15) is 0 Å². The molecule has 0 aromatic rings. The van der Waals surface area contributed by atoms with E-state index < -0.39 is 5.54 Å². The van der Waals surface area contributed by atoms with Gasteiger partial charge in [-0.1, -0.05) is 0 Å². The Bertz CT molecular complexity index is 348. The molecule has 1 N–H and O–H groups in total. The van der Waals surface area contributed by atoms with E-state index in [-0.39, 0.29) is 11.9 Å². The van der Waals surface area contributed by atoms with Crippen molar-refractivity contribution in [2.75, 3.05) is 46.3 Å². The van der Waals surface area contributed by atoms with Crippen molar-refractivity contribution >= 4 is 11.9 Å². The van der Waals surface area contributed by atoms with Crippen LogP contribution in [-0.2, 0) is 4.79 Å². The van der Waals surface area contributed by atoms with Gasteiger partial charge in [0.25, 0.3) is 5.91 Å². The van der Waals surface area contributed by atoms with E-state index in [1.165, 1.54) is 0 Å². The summed E-state index contributed by atoms with van der Waals surface area (Å²) in [7, 11) is 2.12. The molecule has 6 heteroatoms. The number of rotatable bonds is 3. The molecule has 2 fully saturated rings. The van der Waals surface area contributed by atoms with Crippen molar-refractivity contribution in [1.29, 1.82) is 0 Å². The Morgan fingerprint density at radius 3 is 2.22 bits per heavy atom. The average Bonchev–Trinajstić information content (AvgIpc) is 2.49. The third-order valence-corrected chi connectivity index (χ3v) is 3.93. The lowest BCUT2D eigenvalue weighted by molar-refractivity contribution is -0.125. The number of carbonyl (C=O) groups is 2. The van der Waals surface area contributed by atoms with Crippen LogP contribution in [0.1, 0.15) is 13.8 Å². The Kier molecular flexibility index (Phi) is 3.59. The molecule has 2 saturated heterocycles. The zero-order valence-electron chi connectivity index (χ0n) is 11.4. The fourth-order valence-corrected chi connectivity index (χ4v) is 2.39. The van der Waals surface area contributed by atoms with Crippen LogP contribution in [0, 0.1) is 0 Å². The van der Waals surface area contributed by atoms with Gasteiger partial charge in [-0.3, -0.25) is 15.0 Å². The molecule has 0 unspecified atom stereocenters. The van der Waals surface area contributed by atoms with E-state index in [9.17, 15) is 9.59 Å². The van der Waals surface area contributed by atoms with Crippen LogP contribution in [0.2, 0.25) is 0 Å². The van der Waals surface area contributed by atoms with E-state index in [2.05, 4.69) is 22.2 Å². The van der Waals surface area contributed by atoms with E-state index in [0.717, 1.165) is 32.7 Å². The molecule has 0 atom stereocenters. The molecule has 102 valence electrons. The molecule has 2 aliphatic heterocycles. The third kappa shape index (κ3) is 2.49. The lowest BCUT2D eigenvalue weighted by Gasteiger charge is -2.35. The molecule has 0 aromatic carbocycles. The maximum absolute atomic E-state index is 11.7. The summed E-state index contributed by atoms with van der Waals surface area (Å²) in [5.41, 5.74) is -0.719. The highest BCUT2D eigenvalue weighted by molar-refractivity contribution is 6.06. The van der Waals surface area contributed by atoms with Gasteiger partial charge in [-0.05, 0) is 20.9 Å². The summed E-state index contributed by atoms with van der Waals surface area (Å²) in [5, 5.41) is 2.37. The molecular formula is C12H22N4O2. The van der Waals surface area contributed by atoms with Gasteiger partial charge in [0.1, 0.15) is 5.54 Å². The summed E-state index contributed by atoms with van der Waals surface area (Å²) >= 11 is 0. The van der Waals surface area contributed by atoms with Gasteiger partial charge in [0.15, 0.2) is 0 Å². The highest BCUT2D eigenvalue weighted by atomic mass is 16.2. The molecule has 0 aliphatic carbocycles. The van der Waals surface area contributed by atoms with Gasteiger partial charge in [0, 0.05) is 39.3 Å². The first-order valence-corrected chi connectivity index (χ1v) is 6.45. The minimum absolute atomic E-state index is 0.203. The molecule has 0 saturated carbocycles. The molecule has 2 rings (SSSR count). The lowest BCUT2D eigenvalue weighted by Crippen LogP contribution is -2.50. The zero-order chi connectivity index (χ0) is 13.3. The topological polar surface area (TPSA) is 55.9 Å². The predicted molar refractivity (Wildman–Crippen MR) is 68.3 cm³/mol. The quantitative estimate of drug-likeness (QED) is 0.694. The lowest BCUT2D eigenvalue weighted by atomic mass is 10.0. The molecule has 6 nitrogen and oxygen atoms in total. The monoisotopic (exact) mass is 254 g/mol. The van der Waals surface area contributed by atoms with Crippen molar-refractivity contribution in [3.63, 3.8) is 0 Å². The smallest absolute Gasteiger partial charge is 0.309 e. The van der Waals surface area contributed by atoms with Gasteiger partial charge in [0.05, 0.1) is 0 Å². The van der Waals surface area contributed by atoms with Crippen molar-refractivity contribution in [3.8, 4) is 0 Å². The number of piperazine rings is 1. The van der Waals surface area contributed by atoms with E-state index in [4.69, 9.17) is 0 Å². The number of urea groups is 1. The average molecular weight is 254 g/mol. The fourth-order valence-electron chi connectivity index (χ4n) is 2.39. The number of amides is 3. The van der Waals surface area contributed by atoms with Crippen molar-refractivity contribution in [3.05, 3.63) is 0 Å². The van der Waals surface area contributed by atoms with Crippen LogP contribution in [0.4, 0.5) is 4.79 Å². The number of likely N-dealkylation sites (N-methyl/N-ethyl adjacent to an activating group) is 1. The second kappa shape index (κ2) is 4.85. The van der Waals surface area contributed by atoms with Crippen LogP contribution >= 0.6 is 0 Å². The van der Waals surface area contributed by atoms with Crippen LogP contribution in [0.25, 0.3) is 0 Å². The minimum atomic E-state index is -0.719. The van der Waals surface area contributed by atoms with Gasteiger partial charge in [-0.25, -0.2) is 4.79 Å². The highest BCUT2D eigenvalue weighted by Gasteiger charge is 2.45. The molecule has 0 radical (unpaired) electrons. The Morgan fingerprint density at radius 1 is 1.11 bits per heavy atom. The number of nitrogens with one attached hydrogen (secondary N) is 1. The molecular weight excluding hydrogens is 232 g/mol. The van der Waals surface area contributed by atoms with Crippen LogP contribution in [0.5, 0.6) is 0 Å². The van der Waals surface area contributed by atoms with Crippen LogP contribution in [-0.4, -0.2) is 78.5 Å². The first-order chi connectivity index (χ1) is 8.41. The van der Waals surface area contributed by atoms with Gasteiger partial charge < -0.3 is 9.80 Å². The summed E-state index contributed by atoms with van der Waals surface area (Å²) in [4.78, 5) is 29.6. The van der Waals surface area contributed by atoms with Crippen molar-refractivity contribution in [1.82, 2.24) is 20.0 Å². The molecule has 0 aromatic heterocycles. The molecule has 2 aliphatic rings. The standard InChI is InChI=1S/C12H22N4O2/c1-12(2)10(17)13-11(18)16(12)9-8-15-6-4-14(3)5-7-15/h4-9H2,1-3H3,(H,13,17,18). The van der Waals surface area contributed by atoms with E-state index >= 15 is 0 Å². The van der Waals surface area contributed by atoms with E-state index in [1.807, 2.05) is 0 Å². The van der Waals surface area contributed by atoms with Crippen molar-refractivity contribution in [2.24, 2.45) is 0 Å². The summed E-state index contributed by atoms with van der Waals surface area (Å²) < 4.78 is 0. The van der Waals surface area contributed by atoms with Gasteiger partial charge >= 0.3 is 6.03 Å². The summed E-state index contributed by atoms with van der Waals surface area (Å²) in [6.45, 7) is 9.20. The summed E-state index contributed by atoms with van der Waals surface area (Å²) in [6.07, 6.45) is 0. The van der Waals surface area contributed by atoms with E-state index in [1.54, 1.807) is 18.7 Å². The Hall–Kier alpha value is -1.14. The third-order valence-electron chi connectivity index (χ3n) is 3.93. The number of hydrogen-bond acceptors (Lipinski definition) is 4. The SMILES string of the molecule is CN1CCN(CCN2C(=O)NC(=O)C2(C)C)CC1. The number of hydrogen-bond donors (Lipinski definition) is 1. The predicted octanol–water partition coefficient (Wildman–Crippen LogP) is -0.436. The van der Waals surface area contributed by atoms with Gasteiger partial charge in [0.2, 0.25) is 0 Å². The normalized spacial score (nSPS) is 25.6. The highest BCUT2D eigenvalue weighted by Crippen LogP contribution is 2.20. The fraction of sp³-hybridized carbons (Fsp3) is 0.833.